The van der Waals surface area contributed by atoms with Crippen LogP contribution in [0.1, 0.15) is 51.0 Å². The second-order valence-electron chi connectivity index (χ2n) is 7.21. The number of ether oxygens (including phenoxy) is 1. The van der Waals surface area contributed by atoms with Gasteiger partial charge in [-0.3, -0.25) is 14.4 Å². The van der Waals surface area contributed by atoms with Gasteiger partial charge in [0.15, 0.2) is 0 Å². The van der Waals surface area contributed by atoms with Crippen molar-refractivity contribution in [1.29, 1.82) is 0 Å². The van der Waals surface area contributed by atoms with E-state index in [1.807, 2.05) is 18.2 Å². The molecule has 1 aromatic carbocycles. The quantitative estimate of drug-likeness (QED) is 0.656. The lowest BCUT2D eigenvalue weighted by molar-refractivity contribution is -0.141. The number of hydrogen-bond donors (Lipinski definition) is 0. The van der Waals surface area contributed by atoms with Crippen LogP contribution in [0.2, 0.25) is 0 Å². The number of nitrogens with zero attached hydrogens (tertiary/aromatic N) is 2. The van der Waals surface area contributed by atoms with Crippen LogP contribution in [0.4, 0.5) is 5.69 Å². The summed E-state index contributed by atoms with van der Waals surface area (Å²) in [5.74, 6) is -0.320. The van der Waals surface area contributed by atoms with Gasteiger partial charge in [0.2, 0.25) is 11.8 Å². The van der Waals surface area contributed by atoms with Crippen LogP contribution >= 0.6 is 0 Å². The fourth-order valence-corrected chi connectivity index (χ4v) is 3.46. The topological polar surface area (TPSA) is 66.9 Å². The Balaban J connectivity index is 2.03. The highest BCUT2D eigenvalue weighted by Crippen LogP contribution is 2.33. The zero-order valence-electron chi connectivity index (χ0n) is 16.7. The molecule has 0 bridgehead atoms. The standard InChI is InChI=1S/C21H30N2O4/c1-5-15(2)17-9-6-7-10-18(17)23-14-16(13-19(23)24)21(26)22(3)12-8-11-20(25)27-4/h6-7,9-10,15-16H,5,8,11-14H2,1-4H3. The van der Waals surface area contributed by atoms with E-state index in [2.05, 4.69) is 24.7 Å². The molecule has 0 spiro atoms. The monoisotopic (exact) mass is 374 g/mol. The number of carbonyl (C=O) groups excluding carboxylic acids is 3. The first-order chi connectivity index (χ1) is 12.9. The average Bonchev–Trinajstić information content (AvgIpc) is 3.07. The molecule has 0 N–H and O–H groups in total. The number of esters is 1. The molecule has 1 aromatic rings. The van der Waals surface area contributed by atoms with Gasteiger partial charge in [-0.2, -0.15) is 0 Å². The summed E-state index contributed by atoms with van der Waals surface area (Å²) in [6.07, 6.45) is 2.06. The van der Waals surface area contributed by atoms with Crippen LogP contribution in [0.3, 0.4) is 0 Å². The van der Waals surface area contributed by atoms with Crippen LogP contribution in [-0.4, -0.2) is 49.9 Å². The van der Waals surface area contributed by atoms with Crippen LogP contribution in [0.5, 0.6) is 0 Å². The molecule has 0 aromatic heterocycles. The third kappa shape index (κ3) is 5.08. The van der Waals surface area contributed by atoms with E-state index in [-0.39, 0.29) is 36.5 Å². The zero-order valence-corrected chi connectivity index (χ0v) is 16.7. The summed E-state index contributed by atoms with van der Waals surface area (Å²) in [6.45, 7) is 5.16. The van der Waals surface area contributed by atoms with Crippen LogP contribution < -0.4 is 4.90 Å². The van der Waals surface area contributed by atoms with Crippen molar-refractivity contribution in [3.05, 3.63) is 29.8 Å². The number of amides is 2. The summed E-state index contributed by atoms with van der Waals surface area (Å²) in [5.41, 5.74) is 2.06. The molecule has 2 rings (SSSR count). The molecular formula is C21H30N2O4. The van der Waals surface area contributed by atoms with Crippen molar-refractivity contribution in [2.75, 3.05) is 32.1 Å². The first-order valence-corrected chi connectivity index (χ1v) is 9.60. The predicted molar refractivity (Wildman–Crippen MR) is 104 cm³/mol. The van der Waals surface area contributed by atoms with Gasteiger partial charge in [0, 0.05) is 38.7 Å². The molecule has 148 valence electrons. The summed E-state index contributed by atoms with van der Waals surface area (Å²) in [7, 11) is 3.08. The second-order valence-corrected chi connectivity index (χ2v) is 7.21. The molecule has 1 saturated heterocycles. The summed E-state index contributed by atoms with van der Waals surface area (Å²) >= 11 is 0. The van der Waals surface area contributed by atoms with E-state index in [4.69, 9.17) is 0 Å². The van der Waals surface area contributed by atoms with Gasteiger partial charge in [0.1, 0.15) is 0 Å². The molecular weight excluding hydrogens is 344 g/mol. The van der Waals surface area contributed by atoms with Gasteiger partial charge in [-0.05, 0) is 30.4 Å². The van der Waals surface area contributed by atoms with Crippen LogP contribution in [0.15, 0.2) is 24.3 Å². The highest BCUT2D eigenvalue weighted by molar-refractivity contribution is 6.00. The minimum Gasteiger partial charge on any atom is -0.469 e. The normalized spacial score (nSPS) is 17.7. The first kappa shape index (κ1) is 20.9. The third-order valence-corrected chi connectivity index (χ3v) is 5.32. The molecule has 0 saturated carbocycles. The van der Waals surface area contributed by atoms with Crippen LogP contribution in [0.25, 0.3) is 0 Å². The molecule has 0 aliphatic carbocycles. The highest BCUT2D eigenvalue weighted by atomic mass is 16.5. The van der Waals surface area contributed by atoms with E-state index in [0.29, 0.717) is 25.4 Å². The molecule has 27 heavy (non-hydrogen) atoms. The fraction of sp³-hybridized carbons (Fsp3) is 0.571. The number of hydrogen-bond acceptors (Lipinski definition) is 4. The van der Waals surface area contributed by atoms with Gasteiger partial charge in [-0.25, -0.2) is 0 Å². The van der Waals surface area contributed by atoms with E-state index in [9.17, 15) is 14.4 Å². The maximum Gasteiger partial charge on any atom is 0.305 e. The second kappa shape index (κ2) is 9.53. The predicted octanol–water partition coefficient (Wildman–Crippen LogP) is 2.96. The molecule has 1 aliphatic heterocycles. The average molecular weight is 374 g/mol. The van der Waals surface area contributed by atoms with Crippen molar-refractivity contribution in [1.82, 2.24) is 4.90 Å². The molecule has 6 nitrogen and oxygen atoms in total. The minimum absolute atomic E-state index is 0.00735. The van der Waals surface area contributed by atoms with E-state index in [1.54, 1.807) is 16.8 Å². The molecule has 1 aliphatic rings. The summed E-state index contributed by atoms with van der Waals surface area (Å²) in [5, 5.41) is 0. The SMILES string of the molecule is CCC(C)c1ccccc1N1CC(C(=O)N(C)CCCC(=O)OC)CC1=O. The van der Waals surface area contributed by atoms with Crippen LogP contribution in [0, 0.1) is 5.92 Å². The van der Waals surface area contributed by atoms with Gasteiger partial charge in [0.05, 0.1) is 13.0 Å². The lowest BCUT2D eigenvalue weighted by atomic mass is 9.96. The molecule has 0 radical (unpaired) electrons. The maximum absolute atomic E-state index is 12.7. The summed E-state index contributed by atoms with van der Waals surface area (Å²) in [4.78, 5) is 39.9. The number of benzene rings is 1. The Kier molecular flexibility index (Phi) is 7.39. The first-order valence-electron chi connectivity index (χ1n) is 9.60. The Hall–Kier alpha value is -2.37. The zero-order chi connectivity index (χ0) is 20.0. The molecule has 2 atom stereocenters. The van der Waals surface area contributed by atoms with Crippen LogP contribution in [-0.2, 0) is 19.1 Å². The lowest BCUT2D eigenvalue weighted by Crippen LogP contribution is -2.35. The van der Waals surface area contributed by atoms with Crippen molar-refractivity contribution in [3.63, 3.8) is 0 Å². The Morgan fingerprint density at radius 2 is 2.04 bits per heavy atom. The number of anilines is 1. The van der Waals surface area contributed by atoms with Crippen molar-refractivity contribution < 1.29 is 19.1 Å². The van der Waals surface area contributed by atoms with E-state index >= 15 is 0 Å². The van der Waals surface area contributed by atoms with Crippen molar-refractivity contribution in [3.8, 4) is 0 Å². The van der Waals surface area contributed by atoms with E-state index < -0.39 is 0 Å². The number of methoxy groups -OCH3 is 1. The largest absolute Gasteiger partial charge is 0.469 e. The lowest BCUT2D eigenvalue weighted by Gasteiger charge is -2.24. The molecule has 2 unspecified atom stereocenters. The Morgan fingerprint density at radius 3 is 2.70 bits per heavy atom. The van der Waals surface area contributed by atoms with E-state index in [1.165, 1.54) is 7.11 Å². The number of para-hydroxylation sites is 1. The number of rotatable bonds is 8. The Morgan fingerprint density at radius 1 is 1.33 bits per heavy atom. The maximum atomic E-state index is 12.7. The Bertz CT molecular complexity index is 689. The van der Waals surface area contributed by atoms with Gasteiger partial charge >= 0.3 is 5.97 Å². The Labute approximate surface area is 161 Å². The third-order valence-electron chi connectivity index (χ3n) is 5.32. The van der Waals surface area contributed by atoms with Gasteiger partial charge in [0.25, 0.3) is 0 Å². The molecule has 6 heteroatoms. The highest BCUT2D eigenvalue weighted by Gasteiger charge is 2.37. The van der Waals surface area contributed by atoms with Crippen molar-refractivity contribution in [2.24, 2.45) is 5.92 Å². The van der Waals surface area contributed by atoms with Crippen molar-refractivity contribution >= 4 is 23.5 Å². The minimum atomic E-state index is -0.342. The van der Waals surface area contributed by atoms with Gasteiger partial charge < -0.3 is 14.5 Å². The fourth-order valence-electron chi connectivity index (χ4n) is 3.46. The van der Waals surface area contributed by atoms with Gasteiger partial charge in [-0.1, -0.05) is 32.0 Å². The smallest absolute Gasteiger partial charge is 0.305 e. The summed E-state index contributed by atoms with van der Waals surface area (Å²) < 4.78 is 4.62. The molecule has 1 heterocycles. The number of carbonyl (C=O) groups is 3. The molecule has 2 amide bonds. The van der Waals surface area contributed by atoms with E-state index in [0.717, 1.165) is 17.7 Å². The van der Waals surface area contributed by atoms with Gasteiger partial charge in [-0.15, -0.1) is 0 Å². The summed E-state index contributed by atoms with van der Waals surface area (Å²) in [6, 6.07) is 7.95. The molecule has 1 fully saturated rings. The van der Waals surface area contributed by atoms with Crippen molar-refractivity contribution in [2.45, 2.75) is 45.4 Å².